The highest BCUT2D eigenvalue weighted by Gasteiger charge is 2.42. The summed E-state index contributed by atoms with van der Waals surface area (Å²) in [7, 11) is -7.64. The van der Waals surface area contributed by atoms with Crippen LogP contribution < -0.4 is 9.03 Å². The maximum absolute atomic E-state index is 12.9. The van der Waals surface area contributed by atoms with Crippen molar-refractivity contribution in [2.75, 3.05) is 14.8 Å². The molecule has 162 valence electrons. The fourth-order valence-corrected chi connectivity index (χ4v) is 6.50. The largest absolute Gasteiger partial charge is 0.280 e. The zero-order valence-corrected chi connectivity index (χ0v) is 19.3. The zero-order chi connectivity index (χ0) is 22.5. The Kier molecular flexibility index (Phi) is 5.49. The SMILES string of the molecule is Cc1cc(N2C(=O)C(C)CS2(=O)=O)ccc1S(=O)(=O)Nc1ccc(C(C)(C)C)cc1. The number of carbonyl (C=O) groups excluding carboxylic acids is 1. The second-order valence-electron chi connectivity index (χ2n) is 8.66. The van der Waals surface area contributed by atoms with Gasteiger partial charge >= 0.3 is 0 Å². The van der Waals surface area contributed by atoms with E-state index in [2.05, 4.69) is 25.5 Å². The van der Waals surface area contributed by atoms with Crippen LogP contribution in [0.15, 0.2) is 47.4 Å². The molecule has 1 amide bonds. The normalized spacial score (nSPS) is 19.2. The molecule has 1 fully saturated rings. The van der Waals surface area contributed by atoms with E-state index < -0.39 is 31.9 Å². The van der Waals surface area contributed by atoms with E-state index in [1.165, 1.54) is 18.2 Å². The Balaban J connectivity index is 1.90. The van der Waals surface area contributed by atoms with Crippen LogP contribution in [0.4, 0.5) is 11.4 Å². The first-order valence-corrected chi connectivity index (χ1v) is 12.6. The standard InChI is InChI=1S/C21H26N2O5S2/c1-14-12-18(23-20(24)15(2)13-29(23,25)26)10-11-19(14)30(27,28)22-17-8-6-16(7-9-17)21(3,4)5/h6-12,15,22H,13H2,1-5H3. The van der Waals surface area contributed by atoms with Crippen LogP contribution in [0.2, 0.25) is 0 Å². The van der Waals surface area contributed by atoms with Gasteiger partial charge in [0.25, 0.3) is 10.0 Å². The highest BCUT2D eigenvalue weighted by Crippen LogP contribution is 2.31. The number of benzene rings is 2. The minimum absolute atomic E-state index is 0.0169. The van der Waals surface area contributed by atoms with E-state index in [4.69, 9.17) is 0 Å². The van der Waals surface area contributed by atoms with Crippen LogP contribution >= 0.6 is 0 Å². The van der Waals surface area contributed by atoms with E-state index in [1.54, 1.807) is 26.0 Å². The molecule has 30 heavy (non-hydrogen) atoms. The lowest BCUT2D eigenvalue weighted by Gasteiger charge is -2.20. The Bertz CT molecular complexity index is 1190. The molecule has 0 aliphatic carbocycles. The number of rotatable bonds is 4. The first-order chi connectivity index (χ1) is 13.7. The molecule has 0 saturated carbocycles. The van der Waals surface area contributed by atoms with Crippen molar-refractivity contribution in [2.45, 2.75) is 44.9 Å². The molecule has 0 aromatic heterocycles. The molecule has 1 heterocycles. The number of aryl methyl sites for hydroxylation is 1. The van der Waals surface area contributed by atoms with Crippen LogP contribution in [0.3, 0.4) is 0 Å². The Morgan fingerprint density at radius 2 is 1.67 bits per heavy atom. The number of nitrogens with one attached hydrogen (secondary N) is 1. The predicted molar refractivity (Wildman–Crippen MR) is 118 cm³/mol. The van der Waals surface area contributed by atoms with Gasteiger partial charge in [-0.15, -0.1) is 0 Å². The summed E-state index contributed by atoms with van der Waals surface area (Å²) in [6.45, 7) is 9.34. The summed E-state index contributed by atoms with van der Waals surface area (Å²) in [5.74, 6) is -1.39. The topological polar surface area (TPSA) is 101 Å². The molecule has 9 heteroatoms. The van der Waals surface area contributed by atoms with Gasteiger partial charge in [-0.2, -0.15) is 0 Å². The molecule has 1 aliphatic heterocycles. The summed E-state index contributed by atoms with van der Waals surface area (Å²) >= 11 is 0. The molecule has 0 spiro atoms. The molecule has 1 atom stereocenters. The van der Waals surface area contributed by atoms with Crippen LogP contribution in [0.5, 0.6) is 0 Å². The van der Waals surface area contributed by atoms with Crippen molar-refractivity contribution in [1.82, 2.24) is 0 Å². The Hall–Kier alpha value is -2.39. The van der Waals surface area contributed by atoms with Crippen molar-refractivity contribution in [3.63, 3.8) is 0 Å². The van der Waals surface area contributed by atoms with E-state index >= 15 is 0 Å². The number of sulfonamides is 2. The average Bonchev–Trinajstić information content (AvgIpc) is 2.81. The van der Waals surface area contributed by atoms with Crippen molar-refractivity contribution in [2.24, 2.45) is 5.92 Å². The van der Waals surface area contributed by atoms with Crippen LogP contribution in [0, 0.1) is 12.8 Å². The quantitative estimate of drug-likeness (QED) is 0.769. The molecule has 2 aromatic rings. The third-order valence-corrected chi connectivity index (χ3v) is 8.46. The first kappa shape index (κ1) is 22.3. The maximum Gasteiger partial charge on any atom is 0.262 e. The van der Waals surface area contributed by atoms with Gasteiger partial charge in [-0.25, -0.2) is 21.1 Å². The summed E-state index contributed by atoms with van der Waals surface area (Å²) in [5.41, 5.74) is 1.95. The average molecular weight is 451 g/mol. The Morgan fingerprint density at radius 3 is 2.13 bits per heavy atom. The van der Waals surface area contributed by atoms with E-state index in [9.17, 15) is 21.6 Å². The molecule has 0 bridgehead atoms. The van der Waals surface area contributed by atoms with Gasteiger partial charge in [0, 0.05) is 5.69 Å². The Labute approximate surface area is 178 Å². The molecule has 3 rings (SSSR count). The van der Waals surface area contributed by atoms with E-state index in [0.29, 0.717) is 11.3 Å². The molecular formula is C21H26N2O5S2. The molecule has 1 N–H and O–H groups in total. The van der Waals surface area contributed by atoms with Crippen molar-refractivity contribution in [3.05, 3.63) is 53.6 Å². The van der Waals surface area contributed by atoms with Gasteiger partial charge in [0.1, 0.15) is 0 Å². The van der Waals surface area contributed by atoms with Crippen molar-refractivity contribution < 1.29 is 21.6 Å². The molecule has 1 aliphatic rings. The van der Waals surface area contributed by atoms with Gasteiger partial charge in [-0.3, -0.25) is 9.52 Å². The summed E-state index contributed by atoms with van der Waals surface area (Å²) in [6.07, 6.45) is 0. The summed E-state index contributed by atoms with van der Waals surface area (Å²) < 4.78 is 53.6. The maximum atomic E-state index is 12.9. The van der Waals surface area contributed by atoms with Gasteiger partial charge in [0.15, 0.2) is 0 Å². The van der Waals surface area contributed by atoms with Crippen molar-refractivity contribution in [1.29, 1.82) is 0 Å². The number of carbonyl (C=O) groups is 1. The number of hydrogen-bond donors (Lipinski definition) is 1. The zero-order valence-electron chi connectivity index (χ0n) is 17.6. The summed E-state index contributed by atoms with van der Waals surface area (Å²) in [5, 5.41) is 0. The van der Waals surface area contributed by atoms with Crippen LogP contribution in [0.1, 0.15) is 38.8 Å². The van der Waals surface area contributed by atoms with Crippen LogP contribution in [-0.2, 0) is 30.3 Å². The smallest absolute Gasteiger partial charge is 0.262 e. The molecule has 7 nitrogen and oxygen atoms in total. The monoisotopic (exact) mass is 450 g/mol. The molecule has 0 radical (unpaired) electrons. The van der Waals surface area contributed by atoms with Gasteiger partial charge in [0.2, 0.25) is 15.9 Å². The lowest BCUT2D eigenvalue weighted by molar-refractivity contribution is -0.119. The highest BCUT2D eigenvalue weighted by atomic mass is 32.2. The van der Waals surface area contributed by atoms with Crippen molar-refractivity contribution in [3.8, 4) is 0 Å². The predicted octanol–water partition coefficient (Wildman–Crippen LogP) is 3.41. The van der Waals surface area contributed by atoms with Crippen LogP contribution in [0.25, 0.3) is 0 Å². The number of anilines is 2. The second kappa shape index (κ2) is 7.39. The molecule has 1 saturated heterocycles. The van der Waals surface area contributed by atoms with Gasteiger partial charge in [-0.1, -0.05) is 39.8 Å². The lowest BCUT2D eigenvalue weighted by atomic mass is 9.87. The second-order valence-corrected chi connectivity index (χ2v) is 12.2. The minimum Gasteiger partial charge on any atom is -0.280 e. The fourth-order valence-electron chi connectivity index (χ4n) is 3.40. The minimum atomic E-state index is -3.89. The van der Waals surface area contributed by atoms with Crippen LogP contribution in [-0.4, -0.2) is 28.5 Å². The molecule has 2 aromatic carbocycles. The van der Waals surface area contributed by atoms with E-state index in [-0.39, 0.29) is 21.8 Å². The number of amides is 1. The fraction of sp³-hybridized carbons (Fsp3) is 0.381. The molecule has 1 unspecified atom stereocenters. The van der Waals surface area contributed by atoms with Crippen molar-refractivity contribution >= 4 is 37.3 Å². The van der Waals surface area contributed by atoms with Gasteiger partial charge < -0.3 is 0 Å². The van der Waals surface area contributed by atoms with E-state index in [1.807, 2.05) is 12.1 Å². The first-order valence-electron chi connectivity index (χ1n) is 9.53. The highest BCUT2D eigenvalue weighted by molar-refractivity contribution is 7.94. The Morgan fingerprint density at radius 1 is 1.07 bits per heavy atom. The summed E-state index contributed by atoms with van der Waals surface area (Å²) in [6, 6.07) is 11.2. The molecular weight excluding hydrogens is 424 g/mol. The van der Waals surface area contributed by atoms with Gasteiger partial charge in [0.05, 0.1) is 22.3 Å². The third kappa shape index (κ3) is 4.22. The summed E-state index contributed by atoms with van der Waals surface area (Å²) in [4.78, 5) is 12.3. The lowest BCUT2D eigenvalue weighted by Crippen LogP contribution is -2.30. The number of nitrogens with zero attached hydrogens (tertiary/aromatic N) is 1. The van der Waals surface area contributed by atoms with Gasteiger partial charge in [-0.05, 0) is 53.8 Å². The van der Waals surface area contributed by atoms with E-state index in [0.717, 1.165) is 9.87 Å². The number of hydrogen-bond acceptors (Lipinski definition) is 5. The third-order valence-electron chi connectivity index (χ3n) is 5.05.